The topological polar surface area (TPSA) is 15.3 Å². The van der Waals surface area contributed by atoms with E-state index < -0.39 is 0 Å². The average Bonchev–Trinajstić information content (AvgIpc) is 2.22. The van der Waals surface area contributed by atoms with Gasteiger partial charge in [0, 0.05) is 30.1 Å². The summed E-state index contributed by atoms with van der Waals surface area (Å²) in [5, 5.41) is 3.31. The zero-order valence-corrected chi connectivity index (χ0v) is 12.2. The molecular formula is C13H20BrFN2. The highest BCUT2D eigenvalue weighted by atomic mass is 79.9. The van der Waals surface area contributed by atoms with E-state index in [4.69, 9.17) is 0 Å². The third kappa shape index (κ3) is 5.61. The highest BCUT2D eigenvalue weighted by Crippen LogP contribution is 2.14. The van der Waals surface area contributed by atoms with Gasteiger partial charge < -0.3 is 10.2 Å². The molecule has 96 valence electrons. The van der Waals surface area contributed by atoms with Gasteiger partial charge in [-0.1, -0.05) is 15.9 Å². The molecule has 1 aromatic carbocycles. The van der Waals surface area contributed by atoms with Gasteiger partial charge >= 0.3 is 0 Å². The van der Waals surface area contributed by atoms with Crippen molar-refractivity contribution in [2.24, 2.45) is 0 Å². The van der Waals surface area contributed by atoms with Crippen LogP contribution in [0.5, 0.6) is 0 Å². The molecule has 4 heteroatoms. The molecule has 0 heterocycles. The third-order valence-corrected chi connectivity index (χ3v) is 3.23. The Labute approximate surface area is 111 Å². The molecule has 0 atom stereocenters. The normalized spacial score (nSPS) is 11.5. The maximum Gasteiger partial charge on any atom is 0.124 e. The van der Waals surface area contributed by atoms with E-state index >= 15 is 0 Å². The molecule has 0 spiro atoms. The van der Waals surface area contributed by atoms with Gasteiger partial charge in [0.2, 0.25) is 0 Å². The van der Waals surface area contributed by atoms with Gasteiger partial charge in [-0.05, 0) is 44.7 Å². The van der Waals surface area contributed by atoms with Crippen molar-refractivity contribution in [2.45, 2.75) is 26.4 Å². The summed E-state index contributed by atoms with van der Waals surface area (Å²) in [6, 6.07) is 5.52. The lowest BCUT2D eigenvalue weighted by Gasteiger charge is -2.20. The van der Waals surface area contributed by atoms with Gasteiger partial charge in [-0.3, -0.25) is 0 Å². The number of hydrogen-bond acceptors (Lipinski definition) is 2. The molecule has 0 aliphatic heterocycles. The minimum atomic E-state index is -0.199. The van der Waals surface area contributed by atoms with Crippen molar-refractivity contribution in [1.82, 2.24) is 10.2 Å². The monoisotopic (exact) mass is 302 g/mol. The fraction of sp³-hybridized carbons (Fsp3) is 0.538. The molecule has 1 rings (SSSR count). The summed E-state index contributed by atoms with van der Waals surface area (Å²) < 4.78 is 13.9. The number of benzene rings is 1. The third-order valence-electron chi connectivity index (χ3n) is 2.77. The molecule has 0 aliphatic rings. The van der Waals surface area contributed by atoms with E-state index in [9.17, 15) is 4.39 Å². The van der Waals surface area contributed by atoms with Gasteiger partial charge in [-0.25, -0.2) is 4.39 Å². The van der Waals surface area contributed by atoms with E-state index in [1.165, 1.54) is 6.07 Å². The van der Waals surface area contributed by atoms with Crippen molar-refractivity contribution in [3.05, 3.63) is 34.1 Å². The van der Waals surface area contributed by atoms with Crippen LogP contribution < -0.4 is 5.32 Å². The first-order chi connectivity index (χ1) is 7.99. The summed E-state index contributed by atoms with van der Waals surface area (Å²) in [6.07, 6.45) is 0. The molecule has 0 saturated carbocycles. The molecule has 0 radical (unpaired) electrons. The van der Waals surface area contributed by atoms with E-state index in [0.29, 0.717) is 12.6 Å². The van der Waals surface area contributed by atoms with Gasteiger partial charge in [-0.2, -0.15) is 0 Å². The van der Waals surface area contributed by atoms with Gasteiger partial charge in [0.25, 0.3) is 0 Å². The van der Waals surface area contributed by atoms with Crippen molar-refractivity contribution in [2.75, 3.05) is 20.1 Å². The van der Waals surface area contributed by atoms with E-state index in [1.54, 1.807) is 6.07 Å². The van der Waals surface area contributed by atoms with Gasteiger partial charge in [0.05, 0.1) is 0 Å². The molecule has 0 amide bonds. The summed E-state index contributed by atoms with van der Waals surface area (Å²) in [5.41, 5.74) is 0.962. The van der Waals surface area contributed by atoms with Gasteiger partial charge in [0.15, 0.2) is 0 Å². The summed E-state index contributed by atoms with van der Waals surface area (Å²) in [4.78, 5) is 2.27. The molecule has 0 aliphatic carbocycles. The van der Waals surface area contributed by atoms with Crippen molar-refractivity contribution < 1.29 is 4.39 Å². The van der Waals surface area contributed by atoms with Crippen molar-refractivity contribution in [1.29, 1.82) is 0 Å². The summed E-state index contributed by atoms with van der Waals surface area (Å²) in [6.45, 7) is 6.94. The Morgan fingerprint density at radius 3 is 2.65 bits per heavy atom. The number of nitrogens with zero attached hydrogens (tertiary/aromatic N) is 1. The number of nitrogens with one attached hydrogen (secondary N) is 1. The second-order valence-electron chi connectivity index (χ2n) is 4.53. The summed E-state index contributed by atoms with van der Waals surface area (Å²) in [5.74, 6) is -0.199. The van der Waals surface area contributed by atoms with Gasteiger partial charge in [0.1, 0.15) is 5.82 Å². The fourth-order valence-electron chi connectivity index (χ4n) is 1.46. The van der Waals surface area contributed by atoms with Crippen LogP contribution in [0.2, 0.25) is 0 Å². The van der Waals surface area contributed by atoms with Crippen molar-refractivity contribution in [3.63, 3.8) is 0 Å². The first-order valence-corrected chi connectivity index (χ1v) is 6.64. The zero-order valence-electron chi connectivity index (χ0n) is 10.6. The molecule has 1 N–H and O–H groups in total. The molecule has 17 heavy (non-hydrogen) atoms. The summed E-state index contributed by atoms with van der Waals surface area (Å²) >= 11 is 3.29. The number of rotatable bonds is 6. The molecule has 1 aromatic rings. The smallest absolute Gasteiger partial charge is 0.124 e. The van der Waals surface area contributed by atoms with Crippen LogP contribution in [0.3, 0.4) is 0 Å². The second kappa shape index (κ2) is 7.09. The first-order valence-electron chi connectivity index (χ1n) is 5.85. The molecule has 0 bridgehead atoms. The van der Waals surface area contributed by atoms with Crippen LogP contribution in [0, 0.1) is 5.82 Å². The minimum absolute atomic E-state index is 0.199. The SMILES string of the molecule is CC(C)N(C)CCNCc1cc(F)cc(Br)c1. The standard InChI is InChI=1S/C13H20BrFN2/c1-10(2)17(3)5-4-16-9-11-6-12(14)8-13(15)7-11/h6-8,10,16H,4-5,9H2,1-3H3. The zero-order chi connectivity index (χ0) is 12.8. The van der Waals surface area contributed by atoms with E-state index in [2.05, 4.69) is 47.0 Å². The maximum atomic E-state index is 13.1. The highest BCUT2D eigenvalue weighted by Gasteiger charge is 2.02. The number of likely N-dealkylation sites (N-methyl/N-ethyl adjacent to an activating group) is 1. The fourth-order valence-corrected chi connectivity index (χ4v) is 1.97. The maximum absolute atomic E-state index is 13.1. The molecule has 0 saturated heterocycles. The molecule has 2 nitrogen and oxygen atoms in total. The Morgan fingerprint density at radius 1 is 1.35 bits per heavy atom. The molecule has 0 fully saturated rings. The predicted molar refractivity (Wildman–Crippen MR) is 73.6 cm³/mol. The van der Waals surface area contributed by atoms with Crippen molar-refractivity contribution in [3.8, 4) is 0 Å². The minimum Gasteiger partial charge on any atom is -0.311 e. The van der Waals surface area contributed by atoms with E-state index in [1.807, 2.05) is 6.07 Å². The predicted octanol–water partition coefficient (Wildman–Crippen LogP) is 3.02. The summed E-state index contributed by atoms with van der Waals surface area (Å²) in [7, 11) is 2.10. The lowest BCUT2D eigenvalue weighted by Crippen LogP contribution is -2.33. The Bertz CT molecular complexity index is 335. The van der Waals surface area contributed by atoms with Crippen molar-refractivity contribution >= 4 is 15.9 Å². The van der Waals surface area contributed by atoms with E-state index in [-0.39, 0.29) is 5.82 Å². The molecule has 0 aromatic heterocycles. The Hall–Kier alpha value is -0.450. The van der Waals surface area contributed by atoms with Crippen LogP contribution in [-0.2, 0) is 6.54 Å². The lowest BCUT2D eigenvalue weighted by molar-refractivity contribution is 0.273. The Balaban J connectivity index is 2.31. The van der Waals surface area contributed by atoms with Crippen LogP contribution in [0.4, 0.5) is 4.39 Å². The first kappa shape index (κ1) is 14.6. The largest absolute Gasteiger partial charge is 0.311 e. The number of halogens is 2. The lowest BCUT2D eigenvalue weighted by atomic mass is 10.2. The quantitative estimate of drug-likeness (QED) is 0.813. The number of hydrogen-bond donors (Lipinski definition) is 1. The molecular weight excluding hydrogens is 283 g/mol. The van der Waals surface area contributed by atoms with Gasteiger partial charge in [-0.15, -0.1) is 0 Å². The van der Waals surface area contributed by atoms with Crippen LogP contribution in [0.25, 0.3) is 0 Å². The average molecular weight is 303 g/mol. The van der Waals surface area contributed by atoms with Crippen LogP contribution in [0.1, 0.15) is 19.4 Å². The van der Waals surface area contributed by atoms with Crippen LogP contribution in [-0.4, -0.2) is 31.1 Å². The van der Waals surface area contributed by atoms with E-state index in [0.717, 1.165) is 23.1 Å². The Kier molecular flexibility index (Phi) is 6.09. The Morgan fingerprint density at radius 2 is 2.06 bits per heavy atom. The molecule has 0 unspecified atom stereocenters. The second-order valence-corrected chi connectivity index (χ2v) is 5.44. The van der Waals surface area contributed by atoms with Crippen LogP contribution in [0.15, 0.2) is 22.7 Å². The highest BCUT2D eigenvalue weighted by molar-refractivity contribution is 9.10. The van der Waals surface area contributed by atoms with Crippen LogP contribution >= 0.6 is 15.9 Å².